The summed E-state index contributed by atoms with van der Waals surface area (Å²) in [5, 5.41) is 63.2. The van der Waals surface area contributed by atoms with Gasteiger partial charge in [-0.1, -0.05) is 19.4 Å². The third kappa shape index (κ3) is 3.93. The monoisotopic (exact) mass is 542 g/mol. The van der Waals surface area contributed by atoms with Gasteiger partial charge in [0, 0.05) is 15.9 Å². The highest BCUT2D eigenvalue weighted by Gasteiger charge is 2.68. The first-order valence-corrected chi connectivity index (χ1v) is 13.0. The number of carboxylic acid groups (broad SMARTS) is 1. The Labute approximate surface area is 226 Å². The van der Waals surface area contributed by atoms with Crippen LogP contribution in [0, 0.1) is 28.6 Å². The lowest BCUT2D eigenvalue weighted by Gasteiger charge is -2.60. The standard InChI is InChI=1S/C27H38O11/c1-25-7-5-13(28)9-12(25)3-4-14-15-6-8-27(36,26(15,2)10-16(29)18(14)25)17(30)11-37-24-21(33)19(31)20(32)22(38-24)23(34)35/h9,14-16,18-22,24,29,31-33,36H,3-8,10-11H2,1-2H3,(H,34,35)/t14-,15-,16-,18+,19-,20-,21+,22-,24+,25-,26-,27-/m0/s1/i10D2,16D,18D. The number of fused-ring (bicyclic) bond motifs is 5. The Balaban J connectivity index is 1.48. The molecule has 11 nitrogen and oxygen atoms in total. The number of carbonyl (C=O) groups is 3. The number of aliphatic hydroxyl groups is 5. The number of hydrogen-bond donors (Lipinski definition) is 6. The van der Waals surface area contributed by atoms with Crippen LogP contribution < -0.4 is 0 Å². The van der Waals surface area contributed by atoms with Crippen molar-refractivity contribution in [2.45, 2.75) is 101 Å². The molecule has 3 saturated carbocycles. The second-order valence-electron chi connectivity index (χ2n) is 11.7. The molecule has 4 fully saturated rings. The quantitative estimate of drug-likeness (QED) is 0.267. The molecule has 0 spiro atoms. The summed E-state index contributed by atoms with van der Waals surface area (Å²) in [6, 6.07) is 0. The van der Waals surface area contributed by atoms with Gasteiger partial charge in [0.15, 0.2) is 24.0 Å². The summed E-state index contributed by atoms with van der Waals surface area (Å²) in [5.41, 5.74) is -5.21. The van der Waals surface area contributed by atoms with Crippen LogP contribution in [0.4, 0.5) is 0 Å². The number of ether oxygens (including phenoxy) is 2. The molecule has 0 aromatic heterocycles. The van der Waals surface area contributed by atoms with E-state index in [9.17, 15) is 46.4 Å². The van der Waals surface area contributed by atoms with E-state index in [1.54, 1.807) is 6.92 Å². The number of aliphatic carboxylic acids is 1. The molecular weight excluding hydrogens is 500 g/mol. The van der Waals surface area contributed by atoms with Crippen molar-refractivity contribution >= 4 is 17.5 Å². The molecule has 0 amide bonds. The smallest absolute Gasteiger partial charge is 0.335 e. The van der Waals surface area contributed by atoms with Crippen LogP contribution in [-0.2, 0) is 23.9 Å². The zero-order valence-electron chi connectivity index (χ0n) is 25.3. The first kappa shape index (κ1) is 23.0. The molecule has 0 radical (unpaired) electrons. The van der Waals surface area contributed by atoms with Crippen LogP contribution in [0.1, 0.15) is 64.2 Å². The van der Waals surface area contributed by atoms with Crippen molar-refractivity contribution in [3.05, 3.63) is 11.6 Å². The normalized spacial score (nSPS) is 57.2. The molecule has 5 rings (SSSR count). The van der Waals surface area contributed by atoms with Gasteiger partial charge in [0.05, 0.1) is 7.45 Å². The number of carboxylic acids is 1. The summed E-state index contributed by atoms with van der Waals surface area (Å²) in [7, 11) is 0. The average Bonchev–Trinajstić information content (AvgIpc) is 3.20. The van der Waals surface area contributed by atoms with Crippen molar-refractivity contribution in [3.63, 3.8) is 0 Å². The Morgan fingerprint density at radius 3 is 2.53 bits per heavy atom. The number of Topliss-reactive ketones (excluding diaryl/α,β-unsaturated/α-hetero) is 1. The van der Waals surface area contributed by atoms with Gasteiger partial charge in [0.2, 0.25) is 0 Å². The fourth-order valence-electron chi connectivity index (χ4n) is 7.55. The molecule has 0 aromatic carbocycles. The molecule has 11 heteroatoms. The van der Waals surface area contributed by atoms with Crippen LogP contribution in [0.3, 0.4) is 0 Å². The lowest BCUT2D eigenvalue weighted by Crippen LogP contribution is -2.63. The number of aliphatic hydroxyl groups excluding tert-OH is 3. The largest absolute Gasteiger partial charge is 0.479 e. The molecule has 212 valence electrons. The molecule has 4 aliphatic carbocycles. The Morgan fingerprint density at radius 2 is 1.84 bits per heavy atom. The molecule has 0 bridgehead atoms. The van der Waals surface area contributed by atoms with Gasteiger partial charge in [-0.3, -0.25) is 9.59 Å². The van der Waals surface area contributed by atoms with Gasteiger partial charge >= 0.3 is 5.97 Å². The van der Waals surface area contributed by atoms with Crippen molar-refractivity contribution in [1.29, 1.82) is 0 Å². The average molecular weight is 543 g/mol. The lowest BCUT2D eigenvalue weighted by molar-refractivity contribution is -0.293. The van der Waals surface area contributed by atoms with E-state index < -0.39 is 95.7 Å². The van der Waals surface area contributed by atoms with Crippen molar-refractivity contribution < 1.29 is 60.0 Å². The topological polar surface area (TPSA) is 191 Å². The predicted octanol–water partition coefficient (Wildman–Crippen LogP) is -0.302. The van der Waals surface area contributed by atoms with Crippen molar-refractivity contribution in [1.82, 2.24) is 0 Å². The van der Waals surface area contributed by atoms with Gasteiger partial charge in [0.1, 0.15) is 30.5 Å². The van der Waals surface area contributed by atoms with E-state index in [0.717, 1.165) is 0 Å². The van der Waals surface area contributed by atoms with Gasteiger partial charge in [-0.25, -0.2) is 4.79 Å². The zero-order valence-corrected chi connectivity index (χ0v) is 21.3. The lowest BCUT2D eigenvalue weighted by atomic mass is 9.45. The number of ketones is 2. The minimum absolute atomic E-state index is 0.0810. The second-order valence-corrected chi connectivity index (χ2v) is 11.7. The van der Waals surface area contributed by atoms with Gasteiger partial charge in [-0.15, -0.1) is 0 Å². The summed E-state index contributed by atoms with van der Waals surface area (Å²) in [5.74, 6) is -6.64. The minimum atomic E-state index is -3.14. The maximum Gasteiger partial charge on any atom is 0.335 e. The first-order chi connectivity index (χ1) is 19.2. The van der Waals surface area contributed by atoms with E-state index >= 15 is 0 Å². The van der Waals surface area contributed by atoms with E-state index in [0.29, 0.717) is 12.0 Å². The van der Waals surface area contributed by atoms with Crippen LogP contribution in [0.15, 0.2) is 11.6 Å². The fourth-order valence-corrected chi connectivity index (χ4v) is 7.55. The Morgan fingerprint density at radius 1 is 1.13 bits per heavy atom. The highest BCUT2D eigenvalue weighted by Crippen LogP contribution is 2.67. The SMILES string of the molecule is [2H]C1([2H])[C@]([2H])(O)[C@@]2([2H])[C@@H](CCC3=CC(=O)CC[C@@]32C)[C@@H]2CC[C@](O)(C(=O)CO[C@@H]3O[C@H](C(=O)O)[C@@H](O)[C@H](O)[C@H]3O)[C@]21C. The molecule has 1 aliphatic heterocycles. The number of rotatable bonds is 5. The summed E-state index contributed by atoms with van der Waals surface area (Å²) >= 11 is 0. The van der Waals surface area contributed by atoms with Gasteiger partial charge in [-0.2, -0.15) is 0 Å². The number of allylic oxidation sites excluding steroid dienone is 1. The maximum absolute atomic E-state index is 13.7. The minimum Gasteiger partial charge on any atom is -0.479 e. The Kier molecular flexibility index (Phi) is 5.71. The third-order valence-corrected chi connectivity index (χ3v) is 9.80. The summed E-state index contributed by atoms with van der Waals surface area (Å²) in [6.07, 6.45) is -13.9. The van der Waals surface area contributed by atoms with E-state index in [4.69, 9.17) is 13.6 Å². The molecule has 0 aromatic rings. The molecule has 1 saturated heterocycles. The summed E-state index contributed by atoms with van der Waals surface area (Å²) in [4.78, 5) is 37.3. The molecular formula is C27H38O11. The Bertz CT molecular complexity index is 1230. The van der Waals surface area contributed by atoms with Crippen molar-refractivity contribution in [2.75, 3.05) is 6.61 Å². The molecule has 6 N–H and O–H groups in total. The first-order valence-electron chi connectivity index (χ1n) is 15.0. The highest BCUT2D eigenvalue weighted by atomic mass is 16.7. The Hall–Kier alpha value is -1.73. The summed E-state index contributed by atoms with van der Waals surface area (Å²) < 4.78 is 47.4. The van der Waals surface area contributed by atoms with Crippen LogP contribution in [0.25, 0.3) is 0 Å². The summed E-state index contributed by atoms with van der Waals surface area (Å²) in [6.45, 7) is 1.94. The number of carbonyl (C=O) groups excluding carboxylic acids is 2. The molecule has 12 atom stereocenters. The fraction of sp³-hybridized carbons (Fsp3) is 0.815. The highest BCUT2D eigenvalue weighted by molar-refractivity contribution is 5.92. The number of hydrogen-bond acceptors (Lipinski definition) is 10. The van der Waals surface area contributed by atoms with Gasteiger partial charge in [0.25, 0.3) is 0 Å². The molecule has 38 heavy (non-hydrogen) atoms. The van der Waals surface area contributed by atoms with Crippen LogP contribution >= 0.6 is 0 Å². The second kappa shape index (κ2) is 9.43. The molecule has 5 aliphatic rings. The van der Waals surface area contributed by atoms with E-state index in [1.165, 1.54) is 13.0 Å². The van der Waals surface area contributed by atoms with Gasteiger partial charge < -0.3 is 40.1 Å². The van der Waals surface area contributed by atoms with E-state index in [1.807, 2.05) is 0 Å². The maximum atomic E-state index is 13.7. The molecule has 1 heterocycles. The van der Waals surface area contributed by atoms with Crippen LogP contribution in [0.5, 0.6) is 0 Å². The van der Waals surface area contributed by atoms with Gasteiger partial charge in [-0.05, 0) is 67.7 Å². The zero-order chi connectivity index (χ0) is 31.4. The third-order valence-electron chi connectivity index (χ3n) is 9.80. The van der Waals surface area contributed by atoms with Crippen molar-refractivity contribution in [2.24, 2.45) is 28.6 Å². The van der Waals surface area contributed by atoms with Crippen LogP contribution in [-0.4, -0.2) is 97.2 Å². The predicted molar refractivity (Wildman–Crippen MR) is 128 cm³/mol. The van der Waals surface area contributed by atoms with Crippen molar-refractivity contribution in [3.8, 4) is 0 Å². The van der Waals surface area contributed by atoms with Crippen LogP contribution in [0.2, 0.25) is 0 Å². The van der Waals surface area contributed by atoms with E-state index in [-0.39, 0.29) is 37.9 Å². The molecule has 0 unspecified atom stereocenters. The van der Waals surface area contributed by atoms with E-state index in [2.05, 4.69) is 0 Å².